The highest BCUT2D eigenvalue weighted by Gasteiger charge is 2.36. The molecule has 6 nitrogen and oxygen atoms in total. The molecule has 2 heterocycles. The van der Waals surface area contributed by atoms with Crippen molar-refractivity contribution in [2.45, 2.75) is 79.2 Å². The molecule has 7 heteroatoms. The highest BCUT2D eigenvalue weighted by atomic mass is 32.1. The van der Waals surface area contributed by atoms with Crippen molar-refractivity contribution in [2.75, 3.05) is 0 Å². The van der Waals surface area contributed by atoms with E-state index in [0.717, 1.165) is 46.2 Å². The van der Waals surface area contributed by atoms with E-state index in [1.165, 1.54) is 37.2 Å². The van der Waals surface area contributed by atoms with Crippen molar-refractivity contribution in [3.8, 4) is 11.8 Å². The molecule has 33 heavy (non-hydrogen) atoms. The standard InChI is InChI=1S/C23H27N5OS.C3H8/c1-15(2)19-20(22-25-23(27-30-22)29-18-13-9-6-10-14-18)26-28(21(19)24-16(3)4)17-11-7-5-8-12-17;1-3-2/h6,9-10,13-14,17H,3,5,7-8,11-12H2,1-2,4H3;3H2,1-2H3. The Labute approximate surface area is 202 Å². The Morgan fingerprint density at radius 1 is 1.12 bits per heavy atom. The molecule has 0 radical (unpaired) electrons. The first-order valence-electron chi connectivity index (χ1n) is 11.8. The second kappa shape index (κ2) is 11.9. The van der Waals surface area contributed by atoms with Crippen molar-refractivity contribution in [3.63, 3.8) is 0 Å². The van der Waals surface area contributed by atoms with Crippen LogP contribution in [0, 0.1) is 0 Å². The smallest absolute Gasteiger partial charge is 0.334 e. The van der Waals surface area contributed by atoms with Crippen molar-refractivity contribution in [1.82, 2.24) is 14.4 Å². The van der Waals surface area contributed by atoms with Gasteiger partial charge in [-0.15, -0.1) is 4.37 Å². The molecule has 0 unspecified atom stereocenters. The van der Waals surface area contributed by atoms with Gasteiger partial charge in [0.1, 0.15) is 11.5 Å². The number of hydrogen-bond acceptors (Lipinski definition) is 6. The zero-order valence-corrected chi connectivity index (χ0v) is 21.3. The number of hydrazone groups is 1. The summed E-state index contributed by atoms with van der Waals surface area (Å²) in [4.78, 5) is 9.42. The predicted octanol–water partition coefficient (Wildman–Crippen LogP) is 7.37. The van der Waals surface area contributed by atoms with Crippen molar-refractivity contribution < 1.29 is 4.74 Å². The normalized spacial score (nSPS) is 17.5. The molecule has 0 amide bonds. The van der Waals surface area contributed by atoms with Crippen molar-refractivity contribution in [3.05, 3.63) is 58.8 Å². The second-order valence-electron chi connectivity index (χ2n) is 8.64. The lowest BCUT2D eigenvalue weighted by Crippen LogP contribution is -2.35. The first-order valence-corrected chi connectivity index (χ1v) is 12.6. The van der Waals surface area contributed by atoms with Gasteiger partial charge < -0.3 is 4.74 Å². The van der Waals surface area contributed by atoms with Gasteiger partial charge in [0.05, 0.1) is 6.04 Å². The maximum Gasteiger partial charge on any atom is 0.334 e. The second-order valence-corrected chi connectivity index (χ2v) is 9.39. The molecule has 1 aromatic carbocycles. The van der Waals surface area contributed by atoms with Crippen LogP contribution in [0.1, 0.15) is 78.2 Å². The Morgan fingerprint density at radius 2 is 1.79 bits per heavy atom. The molecule has 2 aliphatic rings. The molecule has 0 bridgehead atoms. The Hall–Kier alpha value is -2.80. The molecule has 176 valence electrons. The minimum Gasteiger partial charge on any atom is -0.424 e. The topological polar surface area (TPSA) is 63.0 Å². The van der Waals surface area contributed by atoms with E-state index in [2.05, 4.69) is 48.6 Å². The van der Waals surface area contributed by atoms with E-state index in [9.17, 15) is 0 Å². The number of rotatable bonds is 5. The highest BCUT2D eigenvalue weighted by Crippen LogP contribution is 2.33. The maximum atomic E-state index is 5.81. The molecule has 0 saturated heterocycles. The van der Waals surface area contributed by atoms with Gasteiger partial charge in [0.2, 0.25) is 0 Å². The van der Waals surface area contributed by atoms with Crippen LogP contribution >= 0.6 is 11.5 Å². The summed E-state index contributed by atoms with van der Waals surface area (Å²) in [5.74, 6) is 1.59. The van der Waals surface area contributed by atoms with Gasteiger partial charge in [-0.2, -0.15) is 10.1 Å². The van der Waals surface area contributed by atoms with Gasteiger partial charge in [-0.1, -0.05) is 69.9 Å². The Kier molecular flexibility index (Phi) is 8.95. The van der Waals surface area contributed by atoms with Crippen LogP contribution in [-0.4, -0.2) is 32.0 Å². The first kappa shape index (κ1) is 24.8. The molecule has 1 aliphatic heterocycles. The average Bonchev–Trinajstić information content (AvgIpc) is 3.40. The van der Waals surface area contributed by atoms with Crippen LogP contribution in [0.25, 0.3) is 0 Å². The van der Waals surface area contributed by atoms with Gasteiger partial charge in [-0.3, -0.25) is 0 Å². The van der Waals surface area contributed by atoms with E-state index in [4.69, 9.17) is 14.8 Å². The fourth-order valence-corrected chi connectivity index (χ4v) is 4.44. The van der Waals surface area contributed by atoms with Crippen molar-refractivity contribution >= 4 is 23.1 Å². The number of aromatic nitrogens is 2. The summed E-state index contributed by atoms with van der Waals surface area (Å²) < 4.78 is 10.2. The highest BCUT2D eigenvalue weighted by molar-refractivity contribution is 7.08. The fourth-order valence-electron chi connectivity index (χ4n) is 3.85. The summed E-state index contributed by atoms with van der Waals surface area (Å²) in [5, 5.41) is 7.85. The molecule has 0 spiro atoms. The van der Waals surface area contributed by atoms with E-state index >= 15 is 0 Å². The molecule has 4 rings (SSSR count). The lowest BCUT2D eigenvalue weighted by atomic mass is 9.94. The summed E-state index contributed by atoms with van der Waals surface area (Å²) in [6.07, 6.45) is 7.25. The predicted molar refractivity (Wildman–Crippen MR) is 138 cm³/mol. The van der Waals surface area contributed by atoms with Crippen LogP contribution in [-0.2, 0) is 0 Å². The number of allylic oxidation sites excluding steroid dienone is 2. The molecular formula is C26H35N5OS. The van der Waals surface area contributed by atoms with Gasteiger partial charge in [0.15, 0.2) is 10.8 Å². The van der Waals surface area contributed by atoms with Gasteiger partial charge in [-0.05, 0) is 57.3 Å². The lowest BCUT2D eigenvalue weighted by molar-refractivity contribution is 0.256. The molecular weight excluding hydrogens is 430 g/mol. The number of para-hydroxylation sites is 1. The third kappa shape index (κ3) is 6.38. The van der Waals surface area contributed by atoms with Crippen LogP contribution in [0.5, 0.6) is 11.8 Å². The Morgan fingerprint density at radius 3 is 2.39 bits per heavy atom. The van der Waals surface area contributed by atoms with Crippen LogP contribution in [0.15, 0.2) is 63.8 Å². The third-order valence-electron chi connectivity index (χ3n) is 5.16. The molecule has 0 atom stereocenters. The number of hydrogen-bond donors (Lipinski definition) is 0. The Balaban J connectivity index is 0.000000968. The van der Waals surface area contributed by atoms with E-state index in [1.54, 1.807) is 0 Å². The van der Waals surface area contributed by atoms with Crippen molar-refractivity contribution in [2.24, 2.45) is 10.1 Å². The summed E-state index contributed by atoms with van der Waals surface area (Å²) in [7, 11) is 0. The van der Waals surface area contributed by atoms with Gasteiger partial charge in [-0.25, -0.2) is 10.0 Å². The van der Waals surface area contributed by atoms with E-state index in [0.29, 0.717) is 17.8 Å². The minimum absolute atomic E-state index is 0.339. The summed E-state index contributed by atoms with van der Waals surface area (Å²) in [6, 6.07) is 10.3. The van der Waals surface area contributed by atoms with E-state index in [1.807, 2.05) is 37.3 Å². The van der Waals surface area contributed by atoms with Gasteiger partial charge in [0.25, 0.3) is 0 Å². The van der Waals surface area contributed by atoms with Crippen LogP contribution in [0.4, 0.5) is 0 Å². The summed E-state index contributed by atoms with van der Waals surface area (Å²) in [6.45, 7) is 14.4. The SMILES string of the molecule is C=C(C)N=C1C(=C(C)C)C(c2nc(Oc3ccccc3)ns2)=NN1C1CCCCC1.CCC. The largest absolute Gasteiger partial charge is 0.424 e. The minimum atomic E-state index is 0.339. The monoisotopic (exact) mass is 465 g/mol. The number of benzene rings is 1. The molecule has 1 aromatic heterocycles. The lowest BCUT2D eigenvalue weighted by Gasteiger charge is -2.30. The van der Waals surface area contributed by atoms with Crippen LogP contribution < -0.4 is 4.74 Å². The first-order chi connectivity index (χ1) is 15.9. The van der Waals surface area contributed by atoms with Crippen LogP contribution in [0.2, 0.25) is 0 Å². The van der Waals surface area contributed by atoms with Gasteiger partial charge >= 0.3 is 6.01 Å². The zero-order valence-electron chi connectivity index (χ0n) is 20.5. The number of nitrogens with zero attached hydrogens (tertiary/aromatic N) is 5. The van der Waals surface area contributed by atoms with E-state index < -0.39 is 0 Å². The number of aliphatic imine (C=N–C) groups is 1. The fraction of sp³-hybridized carbons (Fsp3) is 0.462. The number of ether oxygens (including phenoxy) is 1. The molecule has 0 N–H and O–H groups in total. The molecule has 2 aromatic rings. The molecule has 1 saturated carbocycles. The Bertz CT molecular complexity index is 1030. The van der Waals surface area contributed by atoms with E-state index in [-0.39, 0.29) is 0 Å². The summed E-state index contributed by atoms with van der Waals surface area (Å²) in [5.41, 5.74) is 3.76. The average molecular weight is 466 g/mol. The zero-order chi connectivity index (χ0) is 23.8. The quantitative estimate of drug-likeness (QED) is 0.462. The third-order valence-corrected chi connectivity index (χ3v) is 5.87. The van der Waals surface area contributed by atoms with Crippen LogP contribution in [0.3, 0.4) is 0 Å². The molecule has 1 fully saturated rings. The molecule has 1 aliphatic carbocycles. The van der Waals surface area contributed by atoms with Crippen molar-refractivity contribution in [1.29, 1.82) is 0 Å². The summed E-state index contributed by atoms with van der Waals surface area (Å²) >= 11 is 1.30. The number of amidine groups is 1. The van der Waals surface area contributed by atoms with Gasteiger partial charge in [0, 0.05) is 11.3 Å². The maximum absolute atomic E-state index is 5.81.